The van der Waals surface area contributed by atoms with Gasteiger partial charge in [0, 0.05) is 36.8 Å². The van der Waals surface area contributed by atoms with E-state index >= 15 is 0 Å². The molecule has 0 unspecified atom stereocenters. The lowest BCUT2D eigenvalue weighted by Gasteiger charge is -2.32. The largest absolute Gasteiger partial charge is 0.486 e. The molecule has 32 heavy (non-hydrogen) atoms. The van der Waals surface area contributed by atoms with E-state index in [0.717, 1.165) is 49.4 Å². The number of nitrogens with zero attached hydrogens (tertiary/aromatic N) is 5. The van der Waals surface area contributed by atoms with Crippen molar-refractivity contribution in [3.8, 4) is 11.5 Å². The highest BCUT2D eigenvalue weighted by Gasteiger charge is 2.20. The first-order chi connectivity index (χ1) is 15.7. The number of aromatic nitrogens is 4. The molecule has 0 spiro atoms. The first-order valence-electron chi connectivity index (χ1n) is 10.9. The third-order valence-electron chi connectivity index (χ3n) is 5.99. The average Bonchev–Trinajstić information content (AvgIpc) is 2.82. The molecule has 3 aromatic rings. The molecule has 1 N–H and O–H groups in total. The fourth-order valence-corrected chi connectivity index (χ4v) is 4.37. The van der Waals surface area contributed by atoms with Crippen molar-refractivity contribution in [2.75, 3.05) is 32.8 Å². The van der Waals surface area contributed by atoms with Gasteiger partial charge in [-0.3, -0.25) is 9.55 Å². The third-order valence-corrected chi connectivity index (χ3v) is 6.22. The molecule has 0 atom stereocenters. The van der Waals surface area contributed by atoms with Crippen LogP contribution < -0.4 is 20.5 Å². The van der Waals surface area contributed by atoms with Gasteiger partial charge in [-0.15, -0.1) is 5.10 Å². The zero-order valence-corrected chi connectivity index (χ0v) is 18.4. The fraction of sp³-hybridized carbons (Fsp3) is 0.455. The summed E-state index contributed by atoms with van der Waals surface area (Å²) in [6.45, 7) is 5.13. The van der Waals surface area contributed by atoms with Crippen molar-refractivity contribution < 1.29 is 9.47 Å². The predicted octanol–water partition coefficient (Wildman–Crippen LogP) is 1.87. The molecule has 0 aliphatic carbocycles. The SMILES string of the molecule is O=c1nnc2ccc(Cl)cc2n1CCN1CCC(NCc2cc3c(cn2)OCCO3)CC1. The van der Waals surface area contributed by atoms with Crippen LogP contribution in [-0.4, -0.2) is 63.5 Å². The summed E-state index contributed by atoms with van der Waals surface area (Å²) in [5.41, 5.74) is 2.00. The van der Waals surface area contributed by atoms with Gasteiger partial charge in [0.05, 0.1) is 17.4 Å². The second-order valence-electron chi connectivity index (χ2n) is 8.08. The summed E-state index contributed by atoms with van der Waals surface area (Å²) < 4.78 is 12.8. The molecule has 10 heteroatoms. The minimum atomic E-state index is -0.344. The molecule has 1 fully saturated rings. The molecule has 1 aromatic carbocycles. The van der Waals surface area contributed by atoms with Gasteiger partial charge < -0.3 is 19.7 Å². The molecule has 2 aliphatic rings. The highest BCUT2D eigenvalue weighted by molar-refractivity contribution is 6.31. The molecule has 2 aliphatic heterocycles. The molecule has 1 saturated heterocycles. The molecule has 5 rings (SSSR count). The van der Waals surface area contributed by atoms with Gasteiger partial charge in [0.25, 0.3) is 0 Å². The second-order valence-corrected chi connectivity index (χ2v) is 8.52. The summed E-state index contributed by atoms with van der Waals surface area (Å²) in [6.07, 6.45) is 3.82. The van der Waals surface area contributed by atoms with Crippen molar-refractivity contribution >= 4 is 22.6 Å². The normalized spacial score (nSPS) is 17.0. The number of halogens is 1. The van der Waals surface area contributed by atoms with Gasteiger partial charge in [-0.2, -0.15) is 0 Å². The topological polar surface area (TPSA) is 94.4 Å². The molecule has 0 bridgehead atoms. The molecule has 168 valence electrons. The van der Waals surface area contributed by atoms with Crippen LogP contribution >= 0.6 is 11.6 Å². The summed E-state index contributed by atoms with van der Waals surface area (Å²) in [5, 5.41) is 11.9. The summed E-state index contributed by atoms with van der Waals surface area (Å²) in [4.78, 5) is 19.1. The van der Waals surface area contributed by atoms with Gasteiger partial charge in [-0.05, 0) is 44.1 Å². The van der Waals surface area contributed by atoms with Crippen molar-refractivity contribution in [3.05, 3.63) is 51.7 Å². The fourth-order valence-electron chi connectivity index (χ4n) is 4.20. The van der Waals surface area contributed by atoms with E-state index in [1.54, 1.807) is 29.0 Å². The smallest absolute Gasteiger partial charge is 0.366 e. The molecule has 9 nitrogen and oxygen atoms in total. The van der Waals surface area contributed by atoms with Crippen LogP contribution in [0.3, 0.4) is 0 Å². The first-order valence-corrected chi connectivity index (χ1v) is 11.3. The van der Waals surface area contributed by atoms with Gasteiger partial charge in [-0.25, -0.2) is 4.79 Å². The number of ether oxygens (including phenoxy) is 2. The maximum absolute atomic E-state index is 12.3. The quantitative estimate of drug-likeness (QED) is 0.600. The Bertz CT molecular complexity index is 1160. The maximum atomic E-state index is 12.3. The number of piperidine rings is 1. The number of hydrogen-bond donors (Lipinski definition) is 1. The highest BCUT2D eigenvalue weighted by Crippen LogP contribution is 2.29. The Morgan fingerprint density at radius 1 is 1.06 bits per heavy atom. The van der Waals surface area contributed by atoms with E-state index in [4.69, 9.17) is 21.1 Å². The van der Waals surface area contributed by atoms with Crippen LogP contribution in [-0.2, 0) is 13.1 Å². The van der Waals surface area contributed by atoms with E-state index in [1.807, 2.05) is 6.07 Å². The standard InChI is InChI=1S/C22H25ClN6O3/c23-15-1-2-18-19(11-15)29(22(30)27-26-18)8-7-28-5-3-16(4-6-28)24-13-17-12-20-21(14-25-17)32-10-9-31-20/h1-2,11-12,14,16,24H,3-10,13H2. The Morgan fingerprint density at radius 2 is 1.88 bits per heavy atom. The Morgan fingerprint density at radius 3 is 2.72 bits per heavy atom. The molecular formula is C22H25ClN6O3. The van der Waals surface area contributed by atoms with E-state index in [-0.39, 0.29) is 5.69 Å². The van der Waals surface area contributed by atoms with Crippen LogP contribution in [0.1, 0.15) is 18.5 Å². The molecule has 0 saturated carbocycles. The second kappa shape index (κ2) is 9.40. The molecule has 4 heterocycles. The van der Waals surface area contributed by atoms with Crippen molar-refractivity contribution in [1.82, 2.24) is 30.0 Å². The van der Waals surface area contributed by atoms with Crippen molar-refractivity contribution in [1.29, 1.82) is 0 Å². The average molecular weight is 457 g/mol. The number of nitrogens with one attached hydrogen (secondary N) is 1. The third kappa shape index (κ3) is 4.69. The lowest BCUT2D eigenvalue weighted by Crippen LogP contribution is -2.43. The minimum Gasteiger partial charge on any atom is -0.486 e. The van der Waals surface area contributed by atoms with Gasteiger partial charge in [0.2, 0.25) is 0 Å². The summed E-state index contributed by atoms with van der Waals surface area (Å²) in [7, 11) is 0. The van der Waals surface area contributed by atoms with E-state index in [9.17, 15) is 4.79 Å². The van der Waals surface area contributed by atoms with Crippen LogP contribution in [0.2, 0.25) is 5.02 Å². The zero-order valence-electron chi connectivity index (χ0n) is 17.7. The molecule has 2 aromatic heterocycles. The number of benzene rings is 1. The van der Waals surface area contributed by atoms with E-state index in [0.29, 0.717) is 48.6 Å². The van der Waals surface area contributed by atoms with Gasteiger partial charge >= 0.3 is 5.69 Å². The van der Waals surface area contributed by atoms with Crippen molar-refractivity contribution in [2.45, 2.75) is 32.0 Å². The van der Waals surface area contributed by atoms with Crippen molar-refractivity contribution in [3.63, 3.8) is 0 Å². The molecule has 0 radical (unpaired) electrons. The Hall–Kier alpha value is -2.75. The molecule has 0 amide bonds. The Kier molecular flexibility index (Phi) is 6.20. The van der Waals surface area contributed by atoms with E-state index in [2.05, 4.69) is 25.4 Å². The lowest BCUT2D eigenvalue weighted by molar-refractivity contribution is 0.170. The predicted molar refractivity (Wildman–Crippen MR) is 120 cm³/mol. The highest BCUT2D eigenvalue weighted by atomic mass is 35.5. The van der Waals surface area contributed by atoms with Gasteiger partial charge in [-0.1, -0.05) is 16.7 Å². The van der Waals surface area contributed by atoms with Crippen molar-refractivity contribution in [2.24, 2.45) is 0 Å². The van der Waals surface area contributed by atoms with Gasteiger partial charge in [0.1, 0.15) is 18.7 Å². The number of rotatable bonds is 6. The number of fused-ring (bicyclic) bond motifs is 2. The lowest BCUT2D eigenvalue weighted by atomic mass is 10.0. The number of pyridine rings is 1. The monoisotopic (exact) mass is 456 g/mol. The Balaban J connectivity index is 1.13. The summed E-state index contributed by atoms with van der Waals surface area (Å²) in [6, 6.07) is 7.70. The van der Waals surface area contributed by atoms with Crippen LogP contribution in [0.5, 0.6) is 11.5 Å². The Labute approximate surface area is 190 Å². The first kappa shape index (κ1) is 21.1. The van der Waals surface area contributed by atoms with Crippen LogP contribution in [0.15, 0.2) is 35.3 Å². The van der Waals surface area contributed by atoms with Crippen LogP contribution in [0, 0.1) is 0 Å². The van der Waals surface area contributed by atoms with Gasteiger partial charge in [0.15, 0.2) is 11.5 Å². The van der Waals surface area contributed by atoms with Crippen LogP contribution in [0.4, 0.5) is 0 Å². The van der Waals surface area contributed by atoms with E-state index in [1.165, 1.54) is 0 Å². The summed E-state index contributed by atoms with van der Waals surface area (Å²) in [5.74, 6) is 1.49. The maximum Gasteiger partial charge on any atom is 0.366 e. The zero-order chi connectivity index (χ0) is 21.9. The minimum absolute atomic E-state index is 0.344. The summed E-state index contributed by atoms with van der Waals surface area (Å²) >= 11 is 6.12. The number of hydrogen-bond acceptors (Lipinski definition) is 8. The molecular weight excluding hydrogens is 432 g/mol. The van der Waals surface area contributed by atoms with Crippen LogP contribution in [0.25, 0.3) is 11.0 Å². The number of likely N-dealkylation sites (tertiary alicyclic amines) is 1. The van der Waals surface area contributed by atoms with E-state index < -0.39 is 0 Å².